The molecule has 2 heterocycles. The lowest BCUT2D eigenvalue weighted by molar-refractivity contribution is -0.272. The molecule has 4 rings (SSSR count). The molecule has 1 saturated heterocycles. The molecule has 0 bridgehead atoms. The van der Waals surface area contributed by atoms with Crippen LogP contribution in [0.25, 0.3) is 0 Å². The van der Waals surface area contributed by atoms with E-state index in [9.17, 15) is 13.2 Å². The highest BCUT2D eigenvalue weighted by molar-refractivity contribution is 5.64. The summed E-state index contributed by atoms with van der Waals surface area (Å²) in [5.74, 6) is 0.559. The van der Waals surface area contributed by atoms with Gasteiger partial charge in [0.25, 0.3) is 0 Å². The maximum atomic E-state index is 13.8. The average molecular weight is 420 g/mol. The van der Waals surface area contributed by atoms with Crippen molar-refractivity contribution in [2.24, 2.45) is 0 Å². The van der Waals surface area contributed by atoms with Crippen molar-refractivity contribution in [2.45, 2.75) is 50.2 Å². The molecule has 2 aliphatic rings. The molecule has 2 aromatic carbocycles. The standard InChI is InChI=1S/C23H27F3N2O2/c1-22(23(24,25)26)17-13-19(20(29-3)12-16(17)14-30-22)28(2)18-10-7-11-27-21(18)15-8-5-4-6-9-15/h4-6,8-9,12-13,18,21,27H,7,10-11,14H2,1-3H3/t18-,21-,22-/m0/s1. The molecule has 30 heavy (non-hydrogen) atoms. The van der Waals surface area contributed by atoms with Crippen LogP contribution in [-0.2, 0) is 16.9 Å². The van der Waals surface area contributed by atoms with E-state index in [0.29, 0.717) is 17.0 Å². The van der Waals surface area contributed by atoms with Gasteiger partial charge in [0, 0.05) is 18.7 Å². The van der Waals surface area contributed by atoms with E-state index in [1.54, 1.807) is 19.2 Å². The largest absolute Gasteiger partial charge is 0.495 e. The van der Waals surface area contributed by atoms with E-state index in [0.717, 1.165) is 31.9 Å². The molecule has 0 spiro atoms. The highest BCUT2D eigenvalue weighted by Gasteiger charge is 2.57. The first-order valence-corrected chi connectivity index (χ1v) is 10.2. The summed E-state index contributed by atoms with van der Waals surface area (Å²) in [6.45, 7) is 1.93. The Bertz CT molecular complexity index is 903. The fraction of sp³-hybridized carbons (Fsp3) is 0.478. The van der Waals surface area contributed by atoms with E-state index in [1.807, 2.05) is 25.2 Å². The Morgan fingerprint density at radius 3 is 2.60 bits per heavy atom. The molecule has 0 amide bonds. The molecule has 1 fully saturated rings. The van der Waals surface area contributed by atoms with Gasteiger partial charge in [0.15, 0.2) is 5.60 Å². The topological polar surface area (TPSA) is 33.7 Å². The van der Waals surface area contributed by atoms with Crippen LogP contribution in [0.1, 0.15) is 42.5 Å². The van der Waals surface area contributed by atoms with Gasteiger partial charge >= 0.3 is 6.18 Å². The van der Waals surface area contributed by atoms with Gasteiger partial charge in [0.2, 0.25) is 0 Å². The van der Waals surface area contributed by atoms with Crippen LogP contribution in [0.2, 0.25) is 0 Å². The molecular formula is C23H27F3N2O2. The molecule has 0 radical (unpaired) electrons. The number of piperidine rings is 1. The average Bonchev–Trinajstić information content (AvgIpc) is 3.10. The third-order valence-corrected chi connectivity index (χ3v) is 6.44. The quantitative estimate of drug-likeness (QED) is 0.760. The minimum Gasteiger partial charge on any atom is -0.495 e. The van der Waals surface area contributed by atoms with E-state index in [4.69, 9.17) is 9.47 Å². The number of methoxy groups -OCH3 is 1. The summed E-state index contributed by atoms with van der Waals surface area (Å²) < 4.78 is 52.2. The lowest BCUT2D eigenvalue weighted by atomic mass is 9.89. The van der Waals surface area contributed by atoms with E-state index in [-0.39, 0.29) is 24.3 Å². The third kappa shape index (κ3) is 3.44. The van der Waals surface area contributed by atoms with Crippen LogP contribution in [0.5, 0.6) is 5.75 Å². The summed E-state index contributed by atoms with van der Waals surface area (Å²) in [6, 6.07) is 13.6. The van der Waals surface area contributed by atoms with Crippen molar-refractivity contribution in [3.8, 4) is 5.75 Å². The lowest BCUT2D eigenvalue weighted by Crippen LogP contribution is -2.47. The molecule has 1 N–H and O–H groups in total. The Kier molecular flexibility index (Phi) is 5.45. The van der Waals surface area contributed by atoms with Crippen LogP contribution in [0, 0.1) is 0 Å². The van der Waals surface area contributed by atoms with Crippen LogP contribution in [0.4, 0.5) is 18.9 Å². The summed E-state index contributed by atoms with van der Waals surface area (Å²) >= 11 is 0. The fourth-order valence-corrected chi connectivity index (χ4v) is 4.62. The Balaban J connectivity index is 1.75. The number of hydrogen-bond acceptors (Lipinski definition) is 4. The number of likely N-dealkylation sites (N-methyl/N-ethyl adjacent to an activating group) is 1. The Morgan fingerprint density at radius 2 is 1.93 bits per heavy atom. The van der Waals surface area contributed by atoms with Crippen molar-refractivity contribution < 1.29 is 22.6 Å². The van der Waals surface area contributed by atoms with E-state index in [1.165, 1.54) is 0 Å². The first-order valence-electron chi connectivity index (χ1n) is 10.2. The smallest absolute Gasteiger partial charge is 0.421 e. The van der Waals surface area contributed by atoms with E-state index >= 15 is 0 Å². The predicted molar refractivity (Wildman–Crippen MR) is 110 cm³/mol. The Hall–Kier alpha value is -2.25. The molecule has 4 nitrogen and oxygen atoms in total. The van der Waals surface area contributed by atoms with Crippen molar-refractivity contribution in [3.63, 3.8) is 0 Å². The molecule has 0 aliphatic carbocycles. The maximum absolute atomic E-state index is 13.8. The van der Waals surface area contributed by atoms with Gasteiger partial charge in [-0.3, -0.25) is 0 Å². The molecule has 0 unspecified atom stereocenters. The van der Waals surface area contributed by atoms with Crippen LogP contribution in [0.3, 0.4) is 0 Å². The van der Waals surface area contributed by atoms with Gasteiger partial charge in [-0.25, -0.2) is 0 Å². The predicted octanol–water partition coefficient (Wildman–Crippen LogP) is 4.93. The van der Waals surface area contributed by atoms with Crippen LogP contribution < -0.4 is 15.0 Å². The molecule has 2 aromatic rings. The van der Waals surface area contributed by atoms with Gasteiger partial charge in [-0.2, -0.15) is 13.2 Å². The van der Waals surface area contributed by atoms with Crippen molar-refractivity contribution in [2.75, 3.05) is 25.6 Å². The molecule has 3 atom stereocenters. The summed E-state index contributed by atoms with van der Waals surface area (Å²) in [4.78, 5) is 2.05. The number of nitrogens with one attached hydrogen (secondary N) is 1. The zero-order chi connectivity index (χ0) is 21.5. The van der Waals surface area contributed by atoms with Crippen molar-refractivity contribution in [1.82, 2.24) is 5.32 Å². The van der Waals surface area contributed by atoms with Gasteiger partial charge in [-0.05, 0) is 49.6 Å². The number of rotatable bonds is 4. The zero-order valence-corrected chi connectivity index (χ0v) is 17.4. The van der Waals surface area contributed by atoms with E-state index in [2.05, 4.69) is 22.3 Å². The summed E-state index contributed by atoms with van der Waals surface area (Å²) in [6.07, 6.45) is -2.58. The Labute approximate surface area is 175 Å². The fourth-order valence-electron chi connectivity index (χ4n) is 4.62. The second-order valence-corrected chi connectivity index (χ2v) is 8.16. The van der Waals surface area contributed by atoms with Crippen molar-refractivity contribution >= 4 is 5.69 Å². The van der Waals surface area contributed by atoms with Crippen LogP contribution >= 0.6 is 0 Å². The molecule has 0 aromatic heterocycles. The number of anilines is 1. The normalized spacial score (nSPS) is 26.3. The zero-order valence-electron chi connectivity index (χ0n) is 17.4. The number of hydrogen-bond donors (Lipinski definition) is 1. The van der Waals surface area contributed by atoms with Gasteiger partial charge in [0.1, 0.15) is 5.75 Å². The third-order valence-electron chi connectivity index (χ3n) is 6.44. The van der Waals surface area contributed by atoms with Gasteiger partial charge in [-0.15, -0.1) is 0 Å². The molecule has 7 heteroatoms. The SMILES string of the molecule is COc1cc2c(cc1N(C)[C@H]1CCCN[C@H]1c1ccccc1)[C@@](C)(C(F)(F)F)OC2. The summed E-state index contributed by atoms with van der Waals surface area (Å²) in [5, 5.41) is 3.58. The molecular weight excluding hydrogens is 393 g/mol. The number of ether oxygens (including phenoxy) is 2. The maximum Gasteiger partial charge on any atom is 0.421 e. The lowest BCUT2D eigenvalue weighted by Gasteiger charge is -2.41. The molecule has 2 aliphatic heterocycles. The van der Waals surface area contributed by atoms with Crippen molar-refractivity contribution in [1.29, 1.82) is 0 Å². The number of nitrogens with zero attached hydrogens (tertiary/aromatic N) is 1. The number of fused-ring (bicyclic) bond motifs is 1. The second-order valence-electron chi connectivity index (χ2n) is 8.16. The monoisotopic (exact) mass is 420 g/mol. The number of alkyl halides is 3. The summed E-state index contributed by atoms with van der Waals surface area (Å²) in [5.41, 5.74) is 0.181. The molecule has 0 saturated carbocycles. The van der Waals surface area contributed by atoms with E-state index < -0.39 is 11.8 Å². The first kappa shape index (κ1) is 21.0. The van der Waals surface area contributed by atoms with Crippen LogP contribution in [0.15, 0.2) is 42.5 Å². The molecule has 162 valence electrons. The summed E-state index contributed by atoms with van der Waals surface area (Å²) in [7, 11) is 3.48. The number of benzene rings is 2. The first-order chi connectivity index (χ1) is 14.3. The van der Waals surface area contributed by atoms with Gasteiger partial charge < -0.3 is 19.7 Å². The van der Waals surface area contributed by atoms with Gasteiger partial charge in [-0.1, -0.05) is 30.3 Å². The highest BCUT2D eigenvalue weighted by atomic mass is 19.4. The highest BCUT2D eigenvalue weighted by Crippen LogP contribution is 2.50. The van der Waals surface area contributed by atoms with Gasteiger partial charge in [0.05, 0.1) is 25.4 Å². The minimum atomic E-state index is -4.50. The van der Waals surface area contributed by atoms with Crippen LogP contribution in [-0.4, -0.2) is 32.9 Å². The van der Waals surface area contributed by atoms with Crippen molar-refractivity contribution in [3.05, 3.63) is 59.2 Å². The number of halogens is 3. The second kappa shape index (κ2) is 7.78. The Morgan fingerprint density at radius 1 is 1.20 bits per heavy atom. The minimum absolute atomic E-state index is 0.0764.